The van der Waals surface area contributed by atoms with Gasteiger partial charge in [-0.2, -0.15) is 0 Å². The molecule has 1 aliphatic heterocycles. The number of piperazine rings is 1. The van der Waals surface area contributed by atoms with Crippen molar-refractivity contribution in [3.05, 3.63) is 56.7 Å². The van der Waals surface area contributed by atoms with Crippen LogP contribution < -0.4 is 5.48 Å². The Morgan fingerprint density at radius 1 is 1.12 bits per heavy atom. The van der Waals surface area contributed by atoms with E-state index in [4.69, 9.17) is 4.84 Å². The van der Waals surface area contributed by atoms with Crippen LogP contribution in [0, 0.1) is 0 Å². The van der Waals surface area contributed by atoms with Gasteiger partial charge in [0.05, 0.1) is 10.4 Å². The number of nitrogens with zero attached hydrogens (tertiary/aromatic N) is 2. The fourth-order valence-corrected chi connectivity index (χ4v) is 4.11. The summed E-state index contributed by atoms with van der Waals surface area (Å²) in [5.41, 5.74) is 3.57. The molecule has 0 saturated carbocycles. The van der Waals surface area contributed by atoms with Crippen molar-refractivity contribution < 1.29 is 9.63 Å². The summed E-state index contributed by atoms with van der Waals surface area (Å²) in [5, 5.41) is 0. The number of carbonyl (C=O) groups is 1. The first-order valence-corrected chi connectivity index (χ1v) is 9.49. The van der Waals surface area contributed by atoms with Crippen LogP contribution in [0.5, 0.6) is 0 Å². The Labute approximate surface area is 154 Å². The van der Waals surface area contributed by atoms with Crippen molar-refractivity contribution in [3.63, 3.8) is 0 Å². The molecule has 0 atom stereocenters. The summed E-state index contributed by atoms with van der Waals surface area (Å²) in [6.07, 6.45) is 0. The quantitative estimate of drug-likeness (QED) is 0.768. The van der Waals surface area contributed by atoms with Gasteiger partial charge in [-0.3, -0.25) is 9.74 Å². The number of amides is 2. The summed E-state index contributed by atoms with van der Waals surface area (Å²) in [6.45, 7) is 4.50. The van der Waals surface area contributed by atoms with Crippen LogP contribution in [0.4, 0.5) is 4.79 Å². The number of thiophene rings is 1. The van der Waals surface area contributed by atoms with E-state index in [1.54, 1.807) is 16.2 Å². The maximum absolute atomic E-state index is 12.1. The van der Waals surface area contributed by atoms with Crippen LogP contribution in [-0.4, -0.2) is 42.0 Å². The Hall–Kier alpha value is -1.41. The van der Waals surface area contributed by atoms with Crippen molar-refractivity contribution in [2.45, 2.75) is 13.2 Å². The van der Waals surface area contributed by atoms with Gasteiger partial charge < -0.3 is 4.90 Å². The van der Waals surface area contributed by atoms with Crippen molar-refractivity contribution in [1.82, 2.24) is 15.3 Å². The maximum Gasteiger partial charge on any atom is 0.341 e. The highest BCUT2D eigenvalue weighted by Gasteiger charge is 2.21. The van der Waals surface area contributed by atoms with Gasteiger partial charge in [-0.05, 0) is 33.6 Å². The first-order valence-electron chi connectivity index (χ1n) is 7.88. The Morgan fingerprint density at radius 2 is 1.88 bits per heavy atom. The zero-order valence-electron chi connectivity index (χ0n) is 13.3. The van der Waals surface area contributed by atoms with Crippen LogP contribution >= 0.6 is 27.3 Å². The fraction of sp³-hybridized carbons (Fsp3) is 0.353. The van der Waals surface area contributed by atoms with Crippen LogP contribution in [0.25, 0.3) is 0 Å². The molecule has 0 spiro atoms. The molecule has 1 aromatic carbocycles. The zero-order chi connectivity index (χ0) is 16.8. The minimum Gasteiger partial charge on any atom is -0.320 e. The van der Waals surface area contributed by atoms with Gasteiger partial charge in [-0.15, -0.1) is 11.3 Å². The van der Waals surface area contributed by atoms with E-state index in [0.29, 0.717) is 19.7 Å². The van der Waals surface area contributed by atoms with E-state index in [-0.39, 0.29) is 6.03 Å². The molecule has 0 aliphatic carbocycles. The molecule has 1 aromatic heterocycles. The molecule has 1 fully saturated rings. The molecular weight excluding hydrogens is 390 g/mol. The normalized spacial score (nSPS) is 15.5. The number of benzene rings is 1. The van der Waals surface area contributed by atoms with Crippen molar-refractivity contribution in [1.29, 1.82) is 0 Å². The van der Waals surface area contributed by atoms with E-state index in [1.807, 2.05) is 30.3 Å². The molecule has 24 heavy (non-hydrogen) atoms. The summed E-state index contributed by atoms with van der Waals surface area (Å²) in [4.78, 5) is 22.9. The highest BCUT2D eigenvalue weighted by Crippen LogP contribution is 2.23. The molecule has 2 aromatic rings. The Bertz CT molecular complexity index is 657. The predicted octanol–water partition coefficient (Wildman–Crippen LogP) is 3.47. The van der Waals surface area contributed by atoms with Gasteiger partial charge in [0.15, 0.2) is 0 Å². The average Bonchev–Trinajstić information content (AvgIpc) is 3.01. The van der Waals surface area contributed by atoms with Crippen LogP contribution in [0.15, 0.2) is 46.3 Å². The number of nitrogens with one attached hydrogen (secondary N) is 1. The third kappa shape index (κ3) is 5.04. The standard InChI is InChI=1S/C17H20BrN3O2S/c18-16-7-6-15(24-16)12-20-8-10-21(11-9-20)17(22)19-23-13-14-4-2-1-3-5-14/h1-7H,8-13H2,(H,19,22). The largest absolute Gasteiger partial charge is 0.341 e. The molecule has 0 radical (unpaired) electrons. The first kappa shape index (κ1) is 17.4. The van der Waals surface area contributed by atoms with Crippen LogP contribution in [0.2, 0.25) is 0 Å². The lowest BCUT2D eigenvalue weighted by Crippen LogP contribution is -2.51. The summed E-state index contributed by atoms with van der Waals surface area (Å²) in [5.74, 6) is 0. The average molecular weight is 410 g/mol. The molecule has 2 amide bonds. The molecule has 3 rings (SSSR count). The zero-order valence-corrected chi connectivity index (χ0v) is 15.7. The number of hydroxylamine groups is 1. The number of hydrogen-bond donors (Lipinski definition) is 1. The van der Waals surface area contributed by atoms with Crippen LogP contribution in [0.1, 0.15) is 10.4 Å². The lowest BCUT2D eigenvalue weighted by atomic mass is 10.2. The fourth-order valence-electron chi connectivity index (χ4n) is 2.59. The first-order chi connectivity index (χ1) is 11.7. The molecule has 2 heterocycles. The Morgan fingerprint density at radius 3 is 2.54 bits per heavy atom. The van der Waals surface area contributed by atoms with Crippen LogP contribution in [-0.2, 0) is 18.0 Å². The number of halogens is 1. The lowest BCUT2D eigenvalue weighted by Gasteiger charge is -2.34. The highest BCUT2D eigenvalue weighted by atomic mass is 79.9. The number of rotatable bonds is 5. The van der Waals surface area contributed by atoms with E-state index in [2.05, 4.69) is 38.4 Å². The van der Waals surface area contributed by atoms with Gasteiger partial charge in [-0.25, -0.2) is 10.3 Å². The number of urea groups is 1. The Kier molecular flexibility index (Phi) is 6.25. The van der Waals surface area contributed by atoms with Gasteiger partial charge in [0.1, 0.15) is 0 Å². The summed E-state index contributed by atoms with van der Waals surface area (Å²) >= 11 is 5.25. The SMILES string of the molecule is O=C(NOCc1ccccc1)N1CCN(Cc2ccc(Br)s2)CC1. The minimum absolute atomic E-state index is 0.163. The molecular formula is C17H20BrN3O2S. The second-order valence-electron chi connectivity index (χ2n) is 5.65. The molecule has 128 valence electrons. The van der Waals surface area contributed by atoms with Gasteiger partial charge >= 0.3 is 6.03 Å². The minimum atomic E-state index is -0.163. The van der Waals surface area contributed by atoms with Crippen molar-refractivity contribution in [3.8, 4) is 0 Å². The highest BCUT2D eigenvalue weighted by molar-refractivity contribution is 9.11. The van der Waals surface area contributed by atoms with E-state index in [1.165, 1.54) is 4.88 Å². The summed E-state index contributed by atoms with van der Waals surface area (Å²) in [6, 6.07) is 13.8. The van der Waals surface area contributed by atoms with Crippen LogP contribution in [0.3, 0.4) is 0 Å². The number of carbonyl (C=O) groups excluding carboxylic acids is 1. The topological polar surface area (TPSA) is 44.8 Å². The molecule has 5 nitrogen and oxygen atoms in total. The molecule has 1 aliphatic rings. The summed E-state index contributed by atoms with van der Waals surface area (Å²) < 4.78 is 1.16. The third-order valence-electron chi connectivity index (χ3n) is 3.91. The van der Waals surface area contributed by atoms with E-state index in [0.717, 1.165) is 29.0 Å². The third-order valence-corrected chi connectivity index (χ3v) is 5.52. The van der Waals surface area contributed by atoms with E-state index < -0.39 is 0 Å². The van der Waals surface area contributed by atoms with Crippen molar-refractivity contribution in [2.75, 3.05) is 26.2 Å². The second kappa shape index (κ2) is 8.62. The molecule has 1 N–H and O–H groups in total. The Balaban J connectivity index is 1.37. The van der Waals surface area contributed by atoms with Gasteiger partial charge in [0, 0.05) is 37.6 Å². The van der Waals surface area contributed by atoms with Crippen molar-refractivity contribution >= 4 is 33.3 Å². The molecule has 1 saturated heterocycles. The van der Waals surface area contributed by atoms with Gasteiger partial charge in [0.2, 0.25) is 0 Å². The smallest absolute Gasteiger partial charge is 0.320 e. The lowest BCUT2D eigenvalue weighted by molar-refractivity contribution is 0.0299. The van der Waals surface area contributed by atoms with Gasteiger partial charge in [0.25, 0.3) is 0 Å². The monoisotopic (exact) mass is 409 g/mol. The maximum atomic E-state index is 12.1. The molecule has 0 bridgehead atoms. The molecule has 0 unspecified atom stereocenters. The van der Waals surface area contributed by atoms with E-state index >= 15 is 0 Å². The summed E-state index contributed by atoms with van der Waals surface area (Å²) in [7, 11) is 0. The molecule has 7 heteroatoms. The predicted molar refractivity (Wildman–Crippen MR) is 98.6 cm³/mol. The van der Waals surface area contributed by atoms with E-state index in [9.17, 15) is 4.79 Å². The van der Waals surface area contributed by atoms with Gasteiger partial charge in [-0.1, -0.05) is 30.3 Å². The number of hydrogen-bond acceptors (Lipinski definition) is 4. The van der Waals surface area contributed by atoms with Crippen molar-refractivity contribution in [2.24, 2.45) is 0 Å². The second-order valence-corrected chi connectivity index (χ2v) is 8.20.